The summed E-state index contributed by atoms with van der Waals surface area (Å²) in [6, 6.07) is 3.01. The molecule has 0 aliphatic heterocycles. The van der Waals surface area contributed by atoms with Crippen LogP contribution in [0.1, 0.15) is 11.1 Å². The molecule has 1 atom stereocenters. The topological polar surface area (TPSA) is 54.4 Å². The number of hydrogen-bond donors (Lipinski definition) is 1. The van der Waals surface area contributed by atoms with E-state index in [1.807, 2.05) is 0 Å². The molecule has 0 spiro atoms. The number of benzene rings is 1. The van der Waals surface area contributed by atoms with Crippen LogP contribution < -0.4 is 0 Å². The van der Waals surface area contributed by atoms with Crippen LogP contribution in [0.25, 0.3) is 0 Å². The van der Waals surface area contributed by atoms with Crippen LogP contribution in [0.15, 0.2) is 17.0 Å². The second-order valence-corrected chi connectivity index (χ2v) is 6.68. The second kappa shape index (κ2) is 5.57. The number of hydrogen-bond acceptors (Lipinski definition) is 3. The summed E-state index contributed by atoms with van der Waals surface area (Å²) in [5, 5.41) is 9.87. The maximum Gasteiger partial charge on any atom is 0.180 e. The van der Waals surface area contributed by atoms with Gasteiger partial charge in [-0.3, -0.25) is 0 Å². The number of alkyl halides is 1. The monoisotopic (exact) mass is 296 g/mol. The molecule has 0 saturated heterocycles. The molecule has 0 aromatic heterocycles. The van der Waals surface area contributed by atoms with Crippen LogP contribution in [0, 0.1) is 13.8 Å². The van der Waals surface area contributed by atoms with E-state index in [9.17, 15) is 13.5 Å². The van der Waals surface area contributed by atoms with E-state index in [-0.39, 0.29) is 16.5 Å². The third-order valence-corrected chi connectivity index (χ3v) is 5.09. The Morgan fingerprint density at radius 2 is 1.76 bits per heavy atom. The lowest BCUT2D eigenvalue weighted by Crippen LogP contribution is -2.22. The summed E-state index contributed by atoms with van der Waals surface area (Å²) in [6.45, 7) is 3.48. The minimum absolute atomic E-state index is 0.106. The van der Waals surface area contributed by atoms with Gasteiger partial charge >= 0.3 is 0 Å². The highest BCUT2D eigenvalue weighted by molar-refractivity contribution is 7.91. The van der Waals surface area contributed by atoms with Gasteiger partial charge in [-0.05, 0) is 37.1 Å². The lowest BCUT2D eigenvalue weighted by molar-refractivity contribution is 0.221. The Morgan fingerprint density at radius 3 is 2.18 bits per heavy atom. The van der Waals surface area contributed by atoms with E-state index in [4.69, 9.17) is 23.2 Å². The van der Waals surface area contributed by atoms with Crippen molar-refractivity contribution in [1.29, 1.82) is 0 Å². The number of aliphatic hydroxyl groups excluding tert-OH is 1. The molecular formula is C11H14Cl2O3S. The Hall–Kier alpha value is -0.290. The van der Waals surface area contributed by atoms with Crippen molar-refractivity contribution in [3.8, 4) is 0 Å². The van der Waals surface area contributed by atoms with Crippen molar-refractivity contribution >= 4 is 33.0 Å². The van der Waals surface area contributed by atoms with Gasteiger partial charge in [0.1, 0.15) is 0 Å². The second-order valence-electron chi connectivity index (χ2n) is 3.96. The zero-order valence-corrected chi connectivity index (χ0v) is 11.9. The van der Waals surface area contributed by atoms with Gasteiger partial charge in [-0.1, -0.05) is 11.6 Å². The summed E-state index contributed by atoms with van der Waals surface area (Å²) in [7, 11) is -3.53. The van der Waals surface area contributed by atoms with E-state index in [0.29, 0.717) is 16.1 Å². The Labute approximate surface area is 111 Å². The lowest BCUT2D eigenvalue weighted by Gasteiger charge is -2.11. The quantitative estimate of drug-likeness (QED) is 0.868. The SMILES string of the molecule is Cc1cc(S(=O)(=O)CC(O)CCl)cc(C)c1Cl. The van der Waals surface area contributed by atoms with Gasteiger partial charge in [0.05, 0.1) is 16.8 Å². The molecule has 0 radical (unpaired) electrons. The number of aryl methyl sites for hydroxylation is 2. The average Bonchev–Trinajstić information content (AvgIpc) is 2.24. The van der Waals surface area contributed by atoms with E-state index in [1.165, 1.54) is 12.1 Å². The van der Waals surface area contributed by atoms with Gasteiger partial charge < -0.3 is 5.11 Å². The van der Waals surface area contributed by atoms with Gasteiger partial charge in [0.15, 0.2) is 9.84 Å². The molecule has 0 fully saturated rings. The van der Waals surface area contributed by atoms with Gasteiger partial charge in [-0.25, -0.2) is 8.42 Å². The fourth-order valence-corrected chi connectivity index (χ4v) is 3.36. The van der Waals surface area contributed by atoms with Crippen molar-refractivity contribution in [2.24, 2.45) is 0 Å². The Bertz CT molecular complexity index is 488. The summed E-state index contributed by atoms with van der Waals surface area (Å²) in [5.41, 5.74) is 1.40. The van der Waals surface area contributed by atoms with Gasteiger partial charge in [-0.2, -0.15) is 0 Å². The van der Waals surface area contributed by atoms with Gasteiger partial charge in [0, 0.05) is 10.9 Å². The molecule has 0 aliphatic rings. The van der Waals surface area contributed by atoms with E-state index in [2.05, 4.69) is 0 Å². The summed E-state index contributed by atoms with van der Waals surface area (Å²) in [5.74, 6) is -0.484. The van der Waals surface area contributed by atoms with E-state index >= 15 is 0 Å². The molecule has 1 aromatic carbocycles. The molecule has 6 heteroatoms. The highest BCUT2D eigenvalue weighted by Gasteiger charge is 2.20. The molecule has 1 aromatic rings. The minimum atomic E-state index is -3.53. The molecule has 1 unspecified atom stereocenters. The van der Waals surface area contributed by atoms with Crippen molar-refractivity contribution in [2.75, 3.05) is 11.6 Å². The van der Waals surface area contributed by atoms with Crippen molar-refractivity contribution in [2.45, 2.75) is 24.8 Å². The van der Waals surface area contributed by atoms with Crippen molar-refractivity contribution < 1.29 is 13.5 Å². The van der Waals surface area contributed by atoms with Crippen LogP contribution in [0.3, 0.4) is 0 Å². The normalized spacial score (nSPS) is 13.7. The molecule has 0 bridgehead atoms. The van der Waals surface area contributed by atoms with Crippen LogP contribution in [0.5, 0.6) is 0 Å². The fourth-order valence-electron chi connectivity index (χ4n) is 1.48. The summed E-state index contributed by atoms with van der Waals surface area (Å²) in [4.78, 5) is 0.168. The first kappa shape index (κ1) is 14.8. The first-order valence-corrected chi connectivity index (χ1v) is 7.58. The molecular weight excluding hydrogens is 283 g/mol. The third-order valence-electron chi connectivity index (χ3n) is 2.36. The van der Waals surface area contributed by atoms with Crippen molar-refractivity contribution in [1.82, 2.24) is 0 Å². The van der Waals surface area contributed by atoms with E-state index in [0.717, 1.165) is 0 Å². The average molecular weight is 297 g/mol. The van der Waals surface area contributed by atoms with Crippen LogP contribution in [-0.2, 0) is 9.84 Å². The van der Waals surface area contributed by atoms with Gasteiger partial charge in [0.25, 0.3) is 0 Å². The third kappa shape index (κ3) is 3.58. The number of halogens is 2. The molecule has 3 nitrogen and oxygen atoms in total. The minimum Gasteiger partial charge on any atom is -0.391 e. The summed E-state index contributed by atoms with van der Waals surface area (Å²) in [6.07, 6.45) is -1.06. The molecule has 0 aliphatic carbocycles. The van der Waals surface area contributed by atoms with E-state index < -0.39 is 15.9 Å². The molecule has 0 heterocycles. The smallest absolute Gasteiger partial charge is 0.180 e. The van der Waals surface area contributed by atoms with Crippen LogP contribution in [0.4, 0.5) is 0 Å². The van der Waals surface area contributed by atoms with Crippen LogP contribution in [-0.4, -0.2) is 31.3 Å². The lowest BCUT2D eigenvalue weighted by atomic mass is 10.2. The molecule has 17 heavy (non-hydrogen) atoms. The summed E-state index contributed by atoms with van der Waals surface area (Å²) < 4.78 is 23.9. The van der Waals surface area contributed by atoms with Crippen LogP contribution in [0.2, 0.25) is 5.02 Å². The predicted octanol–water partition coefficient (Wildman–Crippen LogP) is 2.33. The summed E-state index contributed by atoms with van der Waals surface area (Å²) >= 11 is 11.4. The number of aliphatic hydroxyl groups is 1. The molecule has 96 valence electrons. The molecule has 0 amide bonds. The number of sulfone groups is 1. The molecule has 1 N–H and O–H groups in total. The largest absolute Gasteiger partial charge is 0.391 e. The standard InChI is InChI=1S/C11H14Cl2O3S/c1-7-3-10(4-8(2)11(7)13)17(15,16)6-9(14)5-12/h3-4,9,14H,5-6H2,1-2H3. The molecule has 0 saturated carbocycles. The zero-order valence-electron chi connectivity index (χ0n) is 9.57. The van der Waals surface area contributed by atoms with Gasteiger partial charge in [0.2, 0.25) is 0 Å². The first-order chi connectivity index (χ1) is 7.77. The van der Waals surface area contributed by atoms with E-state index in [1.54, 1.807) is 13.8 Å². The fraction of sp³-hybridized carbons (Fsp3) is 0.455. The highest BCUT2D eigenvalue weighted by atomic mass is 35.5. The molecule has 1 rings (SSSR count). The van der Waals surface area contributed by atoms with Crippen molar-refractivity contribution in [3.05, 3.63) is 28.3 Å². The Balaban J connectivity index is 3.16. The maximum absolute atomic E-state index is 12.0. The predicted molar refractivity (Wildman–Crippen MR) is 69.7 cm³/mol. The first-order valence-electron chi connectivity index (χ1n) is 5.01. The zero-order chi connectivity index (χ0) is 13.2. The van der Waals surface area contributed by atoms with Gasteiger partial charge in [-0.15, -0.1) is 11.6 Å². The number of rotatable bonds is 4. The van der Waals surface area contributed by atoms with Crippen molar-refractivity contribution in [3.63, 3.8) is 0 Å². The van der Waals surface area contributed by atoms with Crippen LogP contribution >= 0.6 is 23.2 Å². The maximum atomic E-state index is 12.0. The Morgan fingerprint density at radius 1 is 1.29 bits per heavy atom. The highest BCUT2D eigenvalue weighted by Crippen LogP contribution is 2.25. The Kier molecular flexibility index (Phi) is 4.84.